The van der Waals surface area contributed by atoms with Crippen molar-refractivity contribution in [2.24, 2.45) is 0 Å². The molecule has 0 fully saturated rings. The number of hydrogen-bond donors (Lipinski definition) is 1. The lowest BCUT2D eigenvalue weighted by atomic mass is 10.2. The van der Waals surface area contributed by atoms with Crippen LogP contribution < -0.4 is 5.32 Å². The molecule has 1 N–H and O–H groups in total. The van der Waals surface area contributed by atoms with Crippen LogP contribution in [-0.4, -0.2) is 0 Å². The van der Waals surface area contributed by atoms with Gasteiger partial charge in [0.1, 0.15) is 5.82 Å². The molecule has 0 radical (unpaired) electrons. The van der Waals surface area contributed by atoms with Crippen LogP contribution in [0.5, 0.6) is 0 Å². The summed E-state index contributed by atoms with van der Waals surface area (Å²) in [6, 6.07) is 11.9. The summed E-state index contributed by atoms with van der Waals surface area (Å²) >= 11 is 11.8. The third-order valence-electron chi connectivity index (χ3n) is 2.36. The van der Waals surface area contributed by atoms with Gasteiger partial charge in [-0.1, -0.05) is 35.3 Å². The van der Waals surface area contributed by atoms with E-state index in [-0.39, 0.29) is 5.82 Å². The van der Waals surface area contributed by atoms with Crippen molar-refractivity contribution in [1.29, 1.82) is 0 Å². The molecule has 0 aliphatic carbocycles. The molecule has 0 aliphatic heterocycles. The van der Waals surface area contributed by atoms with Crippen LogP contribution in [0, 0.1) is 5.82 Å². The highest BCUT2D eigenvalue weighted by Gasteiger charge is 2.06. The van der Waals surface area contributed by atoms with Crippen LogP contribution >= 0.6 is 23.2 Å². The molecule has 2 aromatic carbocycles. The van der Waals surface area contributed by atoms with E-state index >= 15 is 0 Å². The molecular formula is C13H10Cl2FN. The highest BCUT2D eigenvalue weighted by atomic mass is 35.5. The van der Waals surface area contributed by atoms with Gasteiger partial charge in [0.15, 0.2) is 0 Å². The molecule has 2 aromatic rings. The summed E-state index contributed by atoms with van der Waals surface area (Å²) in [5, 5.41) is 4.12. The highest BCUT2D eigenvalue weighted by Crippen LogP contribution is 2.21. The minimum atomic E-state index is -0.313. The van der Waals surface area contributed by atoms with E-state index in [1.165, 1.54) is 6.07 Å². The molecule has 88 valence electrons. The van der Waals surface area contributed by atoms with Crippen molar-refractivity contribution in [1.82, 2.24) is 0 Å². The molecule has 0 saturated heterocycles. The van der Waals surface area contributed by atoms with E-state index in [2.05, 4.69) is 5.32 Å². The van der Waals surface area contributed by atoms with E-state index in [1.54, 1.807) is 24.3 Å². The van der Waals surface area contributed by atoms with Crippen LogP contribution in [0.3, 0.4) is 0 Å². The highest BCUT2D eigenvalue weighted by molar-refractivity contribution is 6.31. The Kier molecular flexibility index (Phi) is 3.87. The second-order valence-electron chi connectivity index (χ2n) is 3.56. The molecule has 0 amide bonds. The van der Waals surface area contributed by atoms with Gasteiger partial charge in [0.05, 0.1) is 0 Å². The Hall–Kier alpha value is -1.25. The molecule has 4 heteroatoms. The normalized spacial score (nSPS) is 10.3. The number of rotatable bonds is 3. The lowest BCUT2D eigenvalue weighted by Gasteiger charge is -2.09. The van der Waals surface area contributed by atoms with Gasteiger partial charge in [-0.15, -0.1) is 0 Å². The largest absolute Gasteiger partial charge is 0.381 e. The first-order chi connectivity index (χ1) is 8.16. The number of hydrogen-bond acceptors (Lipinski definition) is 1. The SMILES string of the molecule is Fc1cccc(Cl)c1CNc1cccc(Cl)c1. The van der Waals surface area contributed by atoms with Gasteiger partial charge in [0, 0.05) is 27.8 Å². The number of halogens is 3. The fraction of sp³-hybridized carbons (Fsp3) is 0.0769. The predicted octanol–water partition coefficient (Wildman–Crippen LogP) is 4.74. The summed E-state index contributed by atoms with van der Waals surface area (Å²) in [7, 11) is 0. The molecular weight excluding hydrogens is 260 g/mol. The monoisotopic (exact) mass is 269 g/mol. The molecule has 0 heterocycles. The van der Waals surface area contributed by atoms with Crippen molar-refractivity contribution in [3.8, 4) is 0 Å². The lowest BCUT2D eigenvalue weighted by Crippen LogP contribution is -2.02. The zero-order chi connectivity index (χ0) is 12.3. The second-order valence-corrected chi connectivity index (χ2v) is 4.41. The van der Waals surface area contributed by atoms with Gasteiger partial charge in [0.25, 0.3) is 0 Å². The maximum Gasteiger partial charge on any atom is 0.129 e. The zero-order valence-electron chi connectivity index (χ0n) is 8.88. The first-order valence-corrected chi connectivity index (χ1v) is 5.85. The van der Waals surface area contributed by atoms with Crippen LogP contribution in [0.2, 0.25) is 10.0 Å². The minimum absolute atomic E-state index is 0.313. The van der Waals surface area contributed by atoms with Gasteiger partial charge < -0.3 is 5.32 Å². The standard InChI is InChI=1S/C13H10Cl2FN/c14-9-3-1-4-10(7-9)17-8-11-12(15)5-2-6-13(11)16/h1-7,17H,8H2. The molecule has 0 spiro atoms. The quantitative estimate of drug-likeness (QED) is 0.849. The Morgan fingerprint density at radius 1 is 1.06 bits per heavy atom. The summed E-state index contributed by atoms with van der Waals surface area (Å²) in [5.41, 5.74) is 1.28. The summed E-state index contributed by atoms with van der Waals surface area (Å²) < 4.78 is 13.5. The second kappa shape index (κ2) is 5.39. The van der Waals surface area contributed by atoms with Crippen molar-refractivity contribution >= 4 is 28.9 Å². The summed E-state index contributed by atoms with van der Waals surface area (Å²) in [5.74, 6) is -0.313. The van der Waals surface area contributed by atoms with E-state index in [0.717, 1.165) is 5.69 Å². The number of anilines is 1. The molecule has 0 aliphatic rings. The van der Waals surface area contributed by atoms with Gasteiger partial charge in [-0.05, 0) is 30.3 Å². The van der Waals surface area contributed by atoms with Crippen LogP contribution in [0.25, 0.3) is 0 Å². The van der Waals surface area contributed by atoms with Crippen LogP contribution in [-0.2, 0) is 6.54 Å². The average molecular weight is 270 g/mol. The van der Waals surface area contributed by atoms with Crippen molar-refractivity contribution in [2.75, 3.05) is 5.32 Å². The summed E-state index contributed by atoms with van der Waals surface area (Å²) in [6.07, 6.45) is 0. The average Bonchev–Trinajstić information content (AvgIpc) is 2.28. The van der Waals surface area contributed by atoms with Crippen LogP contribution in [0.15, 0.2) is 42.5 Å². The first-order valence-electron chi connectivity index (χ1n) is 5.09. The maximum atomic E-state index is 13.5. The Labute approximate surface area is 109 Å². The van der Waals surface area contributed by atoms with Crippen LogP contribution in [0.1, 0.15) is 5.56 Å². The van der Waals surface area contributed by atoms with Gasteiger partial charge in [0.2, 0.25) is 0 Å². The third kappa shape index (κ3) is 3.11. The molecule has 0 bridgehead atoms. The van der Waals surface area contributed by atoms with Crippen molar-refractivity contribution < 1.29 is 4.39 Å². The Balaban J connectivity index is 2.13. The van der Waals surface area contributed by atoms with E-state index in [1.807, 2.05) is 12.1 Å². The van der Waals surface area contributed by atoms with E-state index < -0.39 is 0 Å². The van der Waals surface area contributed by atoms with Crippen molar-refractivity contribution in [3.63, 3.8) is 0 Å². The van der Waals surface area contributed by atoms with Crippen molar-refractivity contribution in [3.05, 3.63) is 63.9 Å². The maximum absolute atomic E-state index is 13.5. The smallest absolute Gasteiger partial charge is 0.129 e. The van der Waals surface area contributed by atoms with Crippen molar-refractivity contribution in [2.45, 2.75) is 6.54 Å². The molecule has 0 unspecified atom stereocenters. The fourth-order valence-electron chi connectivity index (χ4n) is 1.49. The van der Waals surface area contributed by atoms with Gasteiger partial charge >= 0.3 is 0 Å². The Morgan fingerprint density at radius 3 is 2.53 bits per heavy atom. The summed E-state index contributed by atoms with van der Waals surface area (Å²) in [4.78, 5) is 0. The van der Waals surface area contributed by atoms with Crippen LogP contribution in [0.4, 0.5) is 10.1 Å². The van der Waals surface area contributed by atoms with E-state index in [9.17, 15) is 4.39 Å². The third-order valence-corrected chi connectivity index (χ3v) is 2.94. The lowest BCUT2D eigenvalue weighted by molar-refractivity contribution is 0.613. The minimum Gasteiger partial charge on any atom is -0.381 e. The summed E-state index contributed by atoms with van der Waals surface area (Å²) in [6.45, 7) is 0.325. The Morgan fingerprint density at radius 2 is 1.82 bits per heavy atom. The zero-order valence-corrected chi connectivity index (χ0v) is 10.4. The van der Waals surface area contributed by atoms with E-state index in [4.69, 9.17) is 23.2 Å². The molecule has 0 atom stereocenters. The molecule has 1 nitrogen and oxygen atoms in total. The first kappa shape index (κ1) is 12.2. The molecule has 0 saturated carbocycles. The molecule has 17 heavy (non-hydrogen) atoms. The van der Waals surface area contributed by atoms with Gasteiger partial charge in [-0.25, -0.2) is 4.39 Å². The number of nitrogens with one attached hydrogen (secondary N) is 1. The molecule has 2 rings (SSSR count). The molecule has 0 aromatic heterocycles. The fourth-order valence-corrected chi connectivity index (χ4v) is 1.91. The van der Waals surface area contributed by atoms with Gasteiger partial charge in [-0.2, -0.15) is 0 Å². The topological polar surface area (TPSA) is 12.0 Å². The Bertz CT molecular complexity index is 508. The predicted molar refractivity (Wildman–Crippen MR) is 70.2 cm³/mol. The van der Waals surface area contributed by atoms with Gasteiger partial charge in [-0.3, -0.25) is 0 Å². The number of benzene rings is 2. The van der Waals surface area contributed by atoms with E-state index in [0.29, 0.717) is 22.2 Å².